The molecule has 234 valence electrons. The molecule has 0 saturated heterocycles. The average Bonchev–Trinajstić information content (AvgIpc) is 3.48. The minimum absolute atomic E-state index is 0.612. The van der Waals surface area contributed by atoms with E-state index in [4.69, 9.17) is 19.7 Å². The Bertz CT molecular complexity index is 2460. The lowest BCUT2D eigenvalue weighted by atomic mass is 9.66. The van der Waals surface area contributed by atoms with Gasteiger partial charge in [0, 0.05) is 27.8 Å². The average molecular weight is 640 g/mol. The van der Waals surface area contributed by atoms with Crippen molar-refractivity contribution in [2.45, 2.75) is 5.41 Å². The summed E-state index contributed by atoms with van der Waals surface area (Å²) in [5.41, 5.74) is 11.6. The molecule has 4 heteroatoms. The zero-order valence-electron chi connectivity index (χ0n) is 27.0. The number of hydrogen-bond donors (Lipinski definition) is 0. The number of para-hydroxylation sites is 2. The van der Waals surface area contributed by atoms with Crippen molar-refractivity contribution in [1.29, 1.82) is 0 Å². The Kier molecular flexibility index (Phi) is 6.36. The predicted octanol–water partition coefficient (Wildman–Crippen LogP) is 11.0. The lowest BCUT2D eigenvalue weighted by Gasteiger charge is -2.39. The van der Waals surface area contributed by atoms with Gasteiger partial charge in [-0.2, -0.15) is 0 Å². The summed E-state index contributed by atoms with van der Waals surface area (Å²) in [7, 11) is 0. The van der Waals surface area contributed by atoms with Gasteiger partial charge in [0.2, 0.25) is 0 Å². The monoisotopic (exact) mass is 639 g/mol. The highest BCUT2D eigenvalue weighted by molar-refractivity contribution is 5.92. The first kappa shape index (κ1) is 28.4. The molecule has 7 aromatic carbocycles. The number of fused-ring (bicyclic) bond motifs is 9. The minimum atomic E-state index is -0.612. The molecule has 0 saturated carbocycles. The quantitative estimate of drug-likeness (QED) is 0.192. The molecule has 10 rings (SSSR count). The van der Waals surface area contributed by atoms with E-state index >= 15 is 0 Å². The summed E-state index contributed by atoms with van der Waals surface area (Å²) >= 11 is 0. The van der Waals surface area contributed by atoms with Gasteiger partial charge < -0.3 is 4.74 Å². The SMILES string of the molecule is c1ccc(-c2ccc3c(c2)-c2ccc(-c4nc(-c5ccccc5)nc(-c5ccccc5)n4)cc2C32c3ccccc3Oc3ccccc32)cc1. The molecule has 50 heavy (non-hydrogen) atoms. The van der Waals surface area contributed by atoms with Gasteiger partial charge in [0.1, 0.15) is 11.5 Å². The Morgan fingerprint density at radius 3 is 1.38 bits per heavy atom. The maximum atomic E-state index is 6.60. The topological polar surface area (TPSA) is 47.9 Å². The number of rotatable bonds is 4. The highest BCUT2D eigenvalue weighted by Gasteiger charge is 2.51. The summed E-state index contributed by atoms with van der Waals surface area (Å²) in [6, 6.07) is 61.4. The molecule has 0 amide bonds. The Balaban J connectivity index is 1.26. The first-order valence-electron chi connectivity index (χ1n) is 16.9. The van der Waals surface area contributed by atoms with Crippen LogP contribution in [0.2, 0.25) is 0 Å². The molecule has 1 aliphatic carbocycles. The highest BCUT2D eigenvalue weighted by atomic mass is 16.5. The van der Waals surface area contributed by atoms with Gasteiger partial charge in [-0.3, -0.25) is 0 Å². The Morgan fingerprint density at radius 2 is 0.800 bits per heavy atom. The van der Waals surface area contributed by atoms with E-state index < -0.39 is 5.41 Å². The van der Waals surface area contributed by atoms with Crippen LogP contribution in [0.25, 0.3) is 56.4 Å². The van der Waals surface area contributed by atoms with Crippen molar-refractivity contribution in [3.8, 4) is 67.9 Å². The van der Waals surface area contributed by atoms with Crippen molar-refractivity contribution in [1.82, 2.24) is 15.0 Å². The van der Waals surface area contributed by atoms with Crippen molar-refractivity contribution in [3.05, 3.63) is 198 Å². The van der Waals surface area contributed by atoms with Crippen molar-refractivity contribution < 1.29 is 4.74 Å². The molecular formula is C46H29N3O. The molecular weight excluding hydrogens is 611 g/mol. The largest absolute Gasteiger partial charge is 0.457 e. The van der Waals surface area contributed by atoms with Gasteiger partial charge in [-0.1, -0.05) is 152 Å². The number of ether oxygens (including phenoxy) is 1. The fourth-order valence-corrected chi connectivity index (χ4v) is 7.79. The van der Waals surface area contributed by atoms with Crippen molar-refractivity contribution in [2.24, 2.45) is 0 Å². The third kappa shape index (κ3) is 4.28. The van der Waals surface area contributed by atoms with Crippen molar-refractivity contribution in [2.75, 3.05) is 0 Å². The van der Waals surface area contributed by atoms with Gasteiger partial charge >= 0.3 is 0 Å². The molecule has 1 spiro atoms. The number of aromatic nitrogens is 3. The van der Waals surface area contributed by atoms with Gasteiger partial charge in [0.15, 0.2) is 17.5 Å². The molecule has 2 aliphatic rings. The third-order valence-corrected chi connectivity index (χ3v) is 10.0. The van der Waals surface area contributed by atoms with Gasteiger partial charge in [-0.15, -0.1) is 0 Å². The third-order valence-electron chi connectivity index (χ3n) is 10.0. The zero-order chi connectivity index (χ0) is 33.1. The summed E-state index contributed by atoms with van der Waals surface area (Å²) in [4.78, 5) is 15.2. The van der Waals surface area contributed by atoms with E-state index in [-0.39, 0.29) is 0 Å². The van der Waals surface area contributed by atoms with Crippen LogP contribution >= 0.6 is 0 Å². The Labute approximate surface area is 290 Å². The Morgan fingerprint density at radius 1 is 0.320 bits per heavy atom. The van der Waals surface area contributed by atoms with Crippen LogP contribution in [0.3, 0.4) is 0 Å². The maximum absolute atomic E-state index is 6.60. The fourth-order valence-electron chi connectivity index (χ4n) is 7.79. The molecule has 0 N–H and O–H groups in total. The molecule has 0 atom stereocenters. The van der Waals surface area contributed by atoms with E-state index in [1.807, 2.05) is 72.8 Å². The van der Waals surface area contributed by atoms with Gasteiger partial charge in [-0.25, -0.2) is 15.0 Å². The first-order valence-corrected chi connectivity index (χ1v) is 16.9. The molecule has 1 aromatic heterocycles. The second-order valence-corrected chi connectivity index (χ2v) is 12.8. The van der Waals surface area contributed by atoms with Gasteiger partial charge in [-0.05, 0) is 57.6 Å². The second kappa shape index (κ2) is 11.2. The van der Waals surface area contributed by atoms with E-state index in [9.17, 15) is 0 Å². The summed E-state index contributed by atoms with van der Waals surface area (Å²) < 4.78 is 6.60. The van der Waals surface area contributed by atoms with E-state index in [0.29, 0.717) is 17.5 Å². The highest BCUT2D eigenvalue weighted by Crippen LogP contribution is 2.62. The van der Waals surface area contributed by atoms with E-state index in [2.05, 4.69) is 103 Å². The lowest BCUT2D eigenvalue weighted by Crippen LogP contribution is -2.32. The molecule has 8 aromatic rings. The summed E-state index contributed by atoms with van der Waals surface area (Å²) in [5.74, 6) is 3.63. The van der Waals surface area contributed by atoms with Crippen molar-refractivity contribution in [3.63, 3.8) is 0 Å². The van der Waals surface area contributed by atoms with Crippen LogP contribution in [0.5, 0.6) is 11.5 Å². The summed E-state index contributed by atoms with van der Waals surface area (Å²) in [5, 5.41) is 0. The summed E-state index contributed by atoms with van der Waals surface area (Å²) in [6.45, 7) is 0. The van der Waals surface area contributed by atoms with E-state index in [1.54, 1.807) is 0 Å². The first-order chi connectivity index (χ1) is 24.8. The molecule has 0 radical (unpaired) electrons. The van der Waals surface area contributed by atoms with E-state index in [1.165, 1.54) is 33.4 Å². The van der Waals surface area contributed by atoms with Crippen LogP contribution in [-0.4, -0.2) is 15.0 Å². The standard InChI is InChI=1S/C46H29N3O/c1-4-14-30(15-5-1)33-25-27-37-36(28-33)35-26-24-34(29-40(35)46(37)38-20-10-12-22-41(38)50-42-23-13-11-21-39(42)46)45-48-43(31-16-6-2-7-17-31)47-44(49-45)32-18-8-3-9-19-32/h1-29H. The minimum Gasteiger partial charge on any atom is -0.457 e. The Hall–Kier alpha value is -6.65. The molecule has 0 fully saturated rings. The van der Waals surface area contributed by atoms with Crippen LogP contribution in [0.15, 0.2) is 176 Å². The van der Waals surface area contributed by atoms with Crippen LogP contribution in [0.4, 0.5) is 0 Å². The van der Waals surface area contributed by atoms with Crippen LogP contribution in [0, 0.1) is 0 Å². The summed E-state index contributed by atoms with van der Waals surface area (Å²) in [6.07, 6.45) is 0. The fraction of sp³-hybridized carbons (Fsp3) is 0.0217. The van der Waals surface area contributed by atoms with Crippen molar-refractivity contribution >= 4 is 0 Å². The number of hydrogen-bond acceptors (Lipinski definition) is 4. The smallest absolute Gasteiger partial charge is 0.164 e. The number of nitrogens with zero attached hydrogens (tertiary/aromatic N) is 3. The second-order valence-electron chi connectivity index (χ2n) is 12.8. The van der Waals surface area contributed by atoms with E-state index in [0.717, 1.165) is 39.3 Å². The van der Waals surface area contributed by atoms with Crippen LogP contribution in [-0.2, 0) is 5.41 Å². The molecule has 1 aliphatic heterocycles. The molecule has 2 heterocycles. The lowest BCUT2D eigenvalue weighted by molar-refractivity contribution is 0.436. The zero-order valence-corrected chi connectivity index (χ0v) is 27.0. The predicted molar refractivity (Wildman–Crippen MR) is 199 cm³/mol. The maximum Gasteiger partial charge on any atom is 0.164 e. The number of benzene rings is 7. The molecule has 4 nitrogen and oxygen atoms in total. The van der Waals surface area contributed by atoms with Crippen LogP contribution < -0.4 is 4.74 Å². The molecule has 0 bridgehead atoms. The van der Waals surface area contributed by atoms with Gasteiger partial charge in [0.25, 0.3) is 0 Å². The molecule has 0 unspecified atom stereocenters. The normalized spacial score (nSPS) is 13.1. The van der Waals surface area contributed by atoms with Crippen LogP contribution in [0.1, 0.15) is 22.3 Å². The van der Waals surface area contributed by atoms with Gasteiger partial charge in [0.05, 0.1) is 5.41 Å².